The van der Waals surface area contributed by atoms with E-state index in [9.17, 15) is 24.3 Å². The number of nitrogens with one attached hydrogen (secondary N) is 2. The SMILES string of the molecule is Nc1nc(C(=NOC2CCCC2)C(=O)N[C@@H]2C(=O)N3C(C(=O)O)=C(C=C4CCN(C5CNC5)C4=O)CS[C@H]23)cs1. The smallest absolute Gasteiger partial charge is 0.352 e. The lowest BCUT2D eigenvalue weighted by Gasteiger charge is -2.49. The normalized spacial score (nSPS) is 26.7. The fraction of sp³-hybridized carbons (Fsp3) is 0.520. The van der Waals surface area contributed by atoms with Crippen LogP contribution in [0.2, 0.25) is 0 Å². The molecule has 2 atom stereocenters. The van der Waals surface area contributed by atoms with Crippen molar-refractivity contribution in [2.45, 2.75) is 55.7 Å². The molecular weight excluding hydrogens is 558 g/mol. The summed E-state index contributed by atoms with van der Waals surface area (Å²) in [5.74, 6) is -2.28. The Morgan fingerprint density at radius 1 is 1.27 bits per heavy atom. The number of nitrogens with zero attached hydrogens (tertiary/aromatic N) is 4. The Bertz CT molecular complexity index is 1350. The number of hydrogen-bond acceptors (Lipinski definition) is 11. The third-order valence-corrected chi connectivity index (χ3v) is 9.74. The molecule has 1 aromatic heterocycles. The summed E-state index contributed by atoms with van der Waals surface area (Å²) < 4.78 is 0. The number of carbonyl (C=O) groups excluding carboxylic acids is 3. The van der Waals surface area contributed by atoms with Gasteiger partial charge in [-0.15, -0.1) is 23.1 Å². The number of thiazole rings is 1. The average Bonchev–Trinajstić information content (AvgIpc) is 3.65. The highest BCUT2D eigenvalue weighted by molar-refractivity contribution is 8.00. The van der Waals surface area contributed by atoms with Crippen molar-refractivity contribution in [1.29, 1.82) is 0 Å². The molecule has 212 valence electrons. The number of amides is 3. The van der Waals surface area contributed by atoms with Gasteiger partial charge in [0.15, 0.2) is 10.8 Å². The molecule has 0 radical (unpaired) electrons. The third-order valence-electron chi connectivity index (χ3n) is 7.77. The van der Waals surface area contributed by atoms with Crippen LogP contribution in [-0.2, 0) is 24.0 Å². The maximum Gasteiger partial charge on any atom is 0.352 e. The molecule has 1 saturated carbocycles. The van der Waals surface area contributed by atoms with Gasteiger partial charge in [0.05, 0.1) is 6.04 Å². The van der Waals surface area contributed by atoms with Gasteiger partial charge in [0, 0.05) is 36.3 Å². The maximum absolute atomic E-state index is 13.3. The first-order chi connectivity index (χ1) is 19.3. The molecule has 1 aliphatic carbocycles. The van der Waals surface area contributed by atoms with Crippen molar-refractivity contribution in [3.63, 3.8) is 0 Å². The second kappa shape index (κ2) is 10.9. The molecule has 3 saturated heterocycles. The first-order valence-corrected chi connectivity index (χ1v) is 15.1. The number of aliphatic carboxylic acids is 1. The van der Waals surface area contributed by atoms with Crippen molar-refractivity contribution in [3.8, 4) is 0 Å². The van der Waals surface area contributed by atoms with Crippen molar-refractivity contribution in [2.24, 2.45) is 5.16 Å². The van der Waals surface area contributed by atoms with Crippen molar-refractivity contribution in [2.75, 3.05) is 31.1 Å². The Balaban J connectivity index is 1.19. The number of carboxylic acids is 1. The van der Waals surface area contributed by atoms with Crippen molar-refractivity contribution >= 4 is 57.6 Å². The van der Waals surface area contributed by atoms with Crippen molar-refractivity contribution in [1.82, 2.24) is 25.4 Å². The molecule has 6 rings (SSSR count). The molecule has 40 heavy (non-hydrogen) atoms. The van der Waals surface area contributed by atoms with Gasteiger partial charge in [0.2, 0.25) is 5.91 Å². The monoisotopic (exact) mass is 587 g/mol. The van der Waals surface area contributed by atoms with Crippen molar-refractivity contribution in [3.05, 3.63) is 34.0 Å². The number of carboxylic acid groups (broad SMARTS) is 1. The first kappa shape index (κ1) is 26.8. The van der Waals surface area contributed by atoms with Gasteiger partial charge in [-0.05, 0) is 43.8 Å². The molecule has 5 N–H and O–H groups in total. The predicted molar refractivity (Wildman–Crippen MR) is 147 cm³/mol. The first-order valence-electron chi connectivity index (χ1n) is 13.2. The van der Waals surface area contributed by atoms with Crippen LogP contribution < -0.4 is 16.4 Å². The quantitative estimate of drug-likeness (QED) is 0.143. The second-order valence-electron chi connectivity index (χ2n) is 10.3. The molecule has 15 heteroatoms. The van der Waals surface area contributed by atoms with E-state index in [-0.39, 0.29) is 46.0 Å². The fourth-order valence-electron chi connectivity index (χ4n) is 5.51. The minimum absolute atomic E-state index is 0.0858. The van der Waals surface area contributed by atoms with Crippen LogP contribution >= 0.6 is 23.1 Å². The molecule has 0 unspecified atom stereocenters. The van der Waals surface area contributed by atoms with Gasteiger partial charge in [-0.3, -0.25) is 19.3 Å². The highest BCUT2D eigenvalue weighted by Gasteiger charge is 2.54. The molecule has 3 amide bonds. The predicted octanol–water partition coefficient (Wildman–Crippen LogP) is 0.258. The van der Waals surface area contributed by atoms with Crippen LogP contribution in [0, 0.1) is 0 Å². The Kier molecular flexibility index (Phi) is 7.27. The molecule has 5 heterocycles. The number of oxime groups is 1. The molecule has 1 aromatic rings. The van der Waals surface area contributed by atoms with E-state index in [2.05, 4.69) is 20.8 Å². The molecule has 5 aliphatic rings. The van der Waals surface area contributed by atoms with E-state index in [1.54, 1.807) is 11.5 Å². The molecular formula is C25H29N7O6S2. The number of carbonyl (C=O) groups is 4. The minimum Gasteiger partial charge on any atom is -0.477 e. The zero-order valence-corrected chi connectivity index (χ0v) is 23.1. The van der Waals surface area contributed by atoms with E-state index in [0.717, 1.165) is 50.1 Å². The number of fused-ring (bicyclic) bond motifs is 1. The summed E-state index contributed by atoms with van der Waals surface area (Å²) in [6.07, 6.45) is 5.80. The number of aromatic nitrogens is 1. The van der Waals surface area contributed by atoms with E-state index >= 15 is 0 Å². The summed E-state index contributed by atoms with van der Waals surface area (Å²) in [5, 5.41) is 21.2. The van der Waals surface area contributed by atoms with Crippen LogP contribution in [0.4, 0.5) is 5.13 Å². The van der Waals surface area contributed by atoms with Gasteiger partial charge in [-0.2, -0.15) is 0 Å². The Hall–Kier alpha value is -3.43. The van der Waals surface area contributed by atoms with E-state index in [1.807, 2.05) is 4.90 Å². The summed E-state index contributed by atoms with van der Waals surface area (Å²) in [6.45, 7) is 2.10. The summed E-state index contributed by atoms with van der Waals surface area (Å²) in [6, 6.07) is -0.793. The van der Waals surface area contributed by atoms with Crippen molar-refractivity contribution < 1.29 is 29.1 Å². The number of nitrogens with two attached hydrogens (primary N) is 1. The summed E-state index contributed by atoms with van der Waals surface area (Å²) >= 11 is 2.49. The van der Waals surface area contributed by atoms with Crippen LogP contribution in [0.25, 0.3) is 0 Å². The van der Waals surface area contributed by atoms with Gasteiger partial charge in [-0.25, -0.2) is 9.78 Å². The summed E-state index contributed by atoms with van der Waals surface area (Å²) in [4.78, 5) is 64.4. The fourth-order valence-corrected chi connectivity index (χ4v) is 7.36. The van der Waals surface area contributed by atoms with Gasteiger partial charge < -0.3 is 31.2 Å². The number of thioether (sulfide) groups is 1. The maximum atomic E-state index is 13.3. The Labute approximate surface area is 237 Å². The molecule has 0 aromatic carbocycles. The van der Waals surface area contributed by atoms with E-state index in [0.29, 0.717) is 24.1 Å². The minimum atomic E-state index is -1.26. The molecule has 13 nitrogen and oxygen atoms in total. The largest absolute Gasteiger partial charge is 0.477 e. The average molecular weight is 588 g/mol. The molecule has 0 bridgehead atoms. The zero-order valence-electron chi connectivity index (χ0n) is 21.5. The van der Waals surface area contributed by atoms with Crippen LogP contribution in [0.3, 0.4) is 0 Å². The lowest BCUT2D eigenvalue weighted by molar-refractivity contribution is -0.150. The van der Waals surface area contributed by atoms with Crippen LogP contribution in [0.15, 0.2) is 33.5 Å². The van der Waals surface area contributed by atoms with Crippen LogP contribution in [-0.4, -0.2) is 98.2 Å². The standard InChI is InChI=1S/C25H29N7O6S2/c26-25-28-16(11-40-25)17(30-38-15-3-1-2-4-15)20(33)29-18-22(35)32-19(24(36)37)13(10-39-23(18)32)7-12-5-6-31(21(12)34)14-8-27-9-14/h7,11,14-15,18,23,27H,1-6,8-10H2,(H2,26,28)(H,29,33)(H,36,37)/t18-,23-/m1/s1. The summed E-state index contributed by atoms with van der Waals surface area (Å²) in [7, 11) is 0. The molecule has 4 fully saturated rings. The number of rotatable bonds is 8. The number of hydrogen-bond donors (Lipinski definition) is 4. The van der Waals surface area contributed by atoms with Gasteiger partial charge in [0.25, 0.3) is 11.8 Å². The second-order valence-corrected chi connectivity index (χ2v) is 12.3. The van der Waals surface area contributed by atoms with Crippen LogP contribution in [0.5, 0.6) is 0 Å². The van der Waals surface area contributed by atoms with Gasteiger partial charge in [-0.1, -0.05) is 5.16 Å². The van der Waals surface area contributed by atoms with E-state index < -0.39 is 29.2 Å². The Morgan fingerprint density at radius 3 is 2.70 bits per heavy atom. The van der Waals surface area contributed by atoms with E-state index in [4.69, 9.17) is 10.6 Å². The lowest BCUT2D eigenvalue weighted by atomic mass is 10.0. The Morgan fingerprint density at radius 2 is 2.05 bits per heavy atom. The zero-order chi connectivity index (χ0) is 28.0. The number of allylic oxidation sites excluding steroid dienone is 1. The molecule has 0 spiro atoms. The van der Waals surface area contributed by atoms with Gasteiger partial charge in [0.1, 0.15) is 28.9 Å². The van der Waals surface area contributed by atoms with Gasteiger partial charge >= 0.3 is 5.97 Å². The number of likely N-dealkylation sites (tertiary alicyclic amines) is 1. The van der Waals surface area contributed by atoms with E-state index in [1.165, 1.54) is 16.7 Å². The highest BCUT2D eigenvalue weighted by Crippen LogP contribution is 2.41. The topological polar surface area (TPSA) is 180 Å². The molecule has 4 aliphatic heterocycles. The third kappa shape index (κ3) is 4.86. The lowest BCUT2D eigenvalue weighted by Crippen LogP contribution is -2.71. The number of anilines is 1. The number of β-lactam (4-membered cyclic amide) rings is 1. The summed E-state index contributed by atoms with van der Waals surface area (Å²) in [5.41, 5.74) is 6.72. The highest BCUT2D eigenvalue weighted by atomic mass is 32.2. The number of nitrogen functional groups attached to an aromatic ring is 1. The van der Waals surface area contributed by atoms with Crippen LogP contribution in [0.1, 0.15) is 37.8 Å².